The molecule has 0 atom stereocenters. The average Bonchev–Trinajstić information content (AvgIpc) is 3.25. The number of hydrogen-bond acceptors (Lipinski definition) is 4. The minimum Gasteiger partial charge on any atom is -0.479 e. The van der Waals surface area contributed by atoms with E-state index in [0.717, 1.165) is 50.4 Å². The molecule has 3 rings (SSSR count). The van der Waals surface area contributed by atoms with Gasteiger partial charge in [-0.15, -0.1) is 0 Å². The number of carboxylic acid groups (broad SMARTS) is 1. The number of hydrogen-bond donors (Lipinski definition) is 2. The van der Waals surface area contributed by atoms with Crippen LogP contribution in [0.3, 0.4) is 0 Å². The summed E-state index contributed by atoms with van der Waals surface area (Å²) in [5, 5.41) is 13.9. The number of aliphatic carboxylic acids is 1. The number of aromatic amines is 1. The van der Waals surface area contributed by atoms with Crippen molar-refractivity contribution in [1.29, 1.82) is 0 Å². The number of unbranched alkanes of at least 4 members (excludes halogenated alkanes) is 1. The van der Waals surface area contributed by atoms with Gasteiger partial charge in [-0.1, -0.05) is 13.3 Å². The van der Waals surface area contributed by atoms with E-state index in [1.807, 2.05) is 6.20 Å². The Labute approximate surface area is 141 Å². The minimum absolute atomic E-state index is 0.556. The molecule has 0 saturated carbocycles. The molecule has 1 aliphatic heterocycles. The lowest BCUT2D eigenvalue weighted by molar-refractivity contribution is -0.151. The van der Waals surface area contributed by atoms with E-state index in [2.05, 4.69) is 26.9 Å². The van der Waals surface area contributed by atoms with Gasteiger partial charge in [-0.05, 0) is 25.3 Å². The molecule has 0 spiro atoms. The molecule has 7 nitrogen and oxygen atoms in total. The molecule has 0 amide bonds. The Bertz CT molecular complexity index is 656. The van der Waals surface area contributed by atoms with Gasteiger partial charge in [0.2, 0.25) is 0 Å². The van der Waals surface area contributed by atoms with E-state index in [9.17, 15) is 9.90 Å². The summed E-state index contributed by atoms with van der Waals surface area (Å²) in [4.78, 5) is 21.9. The molecule has 0 aromatic carbocycles. The molecule has 0 aliphatic carbocycles. The maximum atomic E-state index is 11.8. The molecule has 1 aliphatic rings. The third-order valence-electron chi connectivity index (χ3n) is 4.87. The zero-order chi connectivity index (χ0) is 17.0. The molecule has 2 aromatic heterocycles. The van der Waals surface area contributed by atoms with Gasteiger partial charge in [-0.3, -0.25) is 9.58 Å². The van der Waals surface area contributed by atoms with Crippen LogP contribution in [0.4, 0.5) is 0 Å². The maximum absolute atomic E-state index is 11.8. The van der Waals surface area contributed by atoms with E-state index in [0.29, 0.717) is 12.8 Å². The molecule has 2 aromatic rings. The molecule has 0 radical (unpaired) electrons. The number of piperidine rings is 1. The van der Waals surface area contributed by atoms with Gasteiger partial charge in [0.1, 0.15) is 5.82 Å². The summed E-state index contributed by atoms with van der Waals surface area (Å²) in [7, 11) is 0. The smallest absolute Gasteiger partial charge is 0.331 e. The van der Waals surface area contributed by atoms with Crippen LogP contribution < -0.4 is 0 Å². The van der Waals surface area contributed by atoms with Gasteiger partial charge in [-0.2, -0.15) is 5.10 Å². The van der Waals surface area contributed by atoms with Gasteiger partial charge in [-0.25, -0.2) is 9.78 Å². The van der Waals surface area contributed by atoms with Crippen LogP contribution in [0.25, 0.3) is 0 Å². The monoisotopic (exact) mass is 331 g/mol. The summed E-state index contributed by atoms with van der Waals surface area (Å²) in [6.07, 6.45) is 9.68. The largest absolute Gasteiger partial charge is 0.479 e. The number of imidazole rings is 1. The normalized spacial score (nSPS) is 17.9. The topological polar surface area (TPSA) is 87.0 Å². The minimum atomic E-state index is -0.916. The predicted octanol–water partition coefficient (Wildman–Crippen LogP) is 2.02. The lowest BCUT2D eigenvalue weighted by Crippen LogP contribution is -2.51. The van der Waals surface area contributed by atoms with E-state index in [1.54, 1.807) is 23.1 Å². The molecule has 1 saturated heterocycles. The third kappa shape index (κ3) is 3.36. The second-order valence-electron chi connectivity index (χ2n) is 6.52. The van der Waals surface area contributed by atoms with Crippen LogP contribution in [-0.4, -0.2) is 48.8 Å². The molecular formula is C17H25N5O2. The van der Waals surface area contributed by atoms with Crippen molar-refractivity contribution in [2.75, 3.05) is 13.1 Å². The van der Waals surface area contributed by atoms with Crippen molar-refractivity contribution in [3.05, 3.63) is 36.2 Å². The summed E-state index contributed by atoms with van der Waals surface area (Å²) in [6, 6.07) is 1.78. The molecule has 130 valence electrons. The van der Waals surface area contributed by atoms with E-state index in [4.69, 9.17) is 0 Å². The number of carbonyl (C=O) groups is 1. The van der Waals surface area contributed by atoms with Crippen molar-refractivity contribution >= 4 is 5.97 Å². The van der Waals surface area contributed by atoms with Crippen molar-refractivity contribution in [2.45, 2.75) is 51.1 Å². The van der Waals surface area contributed by atoms with Crippen LogP contribution in [0.5, 0.6) is 0 Å². The molecule has 0 unspecified atom stereocenters. The van der Waals surface area contributed by atoms with Crippen molar-refractivity contribution in [1.82, 2.24) is 24.6 Å². The number of nitrogens with zero attached hydrogens (tertiary/aromatic N) is 4. The summed E-state index contributed by atoms with van der Waals surface area (Å²) in [5.41, 5.74) is 0.184. The van der Waals surface area contributed by atoms with Crippen LogP contribution in [0.2, 0.25) is 0 Å². The number of likely N-dealkylation sites (tertiary alicyclic amines) is 1. The van der Waals surface area contributed by atoms with Crippen molar-refractivity contribution < 1.29 is 9.90 Å². The van der Waals surface area contributed by atoms with Crippen molar-refractivity contribution in [3.8, 4) is 0 Å². The van der Waals surface area contributed by atoms with Crippen molar-refractivity contribution in [3.63, 3.8) is 0 Å². The first-order chi connectivity index (χ1) is 11.6. The highest BCUT2D eigenvalue weighted by Crippen LogP contribution is 2.30. The highest BCUT2D eigenvalue weighted by molar-refractivity contribution is 5.76. The SMILES string of the molecule is CCCCc1ncc(CN2CCC(C(=O)O)(n3cccn3)CC2)[nH]1. The highest BCUT2D eigenvalue weighted by atomic mass is 16.4. The molecule has 0 bridgehead atoms. The Morgan fingerprint density at radius 1 is 1.42 bits per heavy atom. The molecule has 7 heteroatoms. The number of aromatic nitrogens is 4. The Balaban J connectivity index is 1.60. The van der Waals surface area contributed by atoms with Gasteiger partial charge in [0.15, 0.2) is 5.54 Å². The standard InChI is InChI=1S/C17H25N5O2/c1-2-3-5-15-18-12-14(20-15)13-21-10-6-17(7-11-21,16(23)24)22-9-4-8-19-22/h4,8-9,12H,2-3,5-7,10-11,13H2,1H3,(H,18,20)(H,23,24). The maximum Gasteiger partial charge on any atom is 0.331 e. The fourth-order valence-electron chi connectivity index (χ4n) is 3.34. The predicted molar refractivity (Wildman–Crippen MR) is 89.5 cm³/mol. The van der Waals surface area contributed by atoms with Gasteiger partial charge in [0.25, 0.3) is 0 Å². The Kier molecular flexibility index (Phi) is 4.99. The first-order valence-corrected chi connectivity index (χ1v) is 8.62. The summed E-state index contributed by atoms with van der Waals surface area (Å²) in [5.74, 6) is 0.245. The van der Waals surface area contributed by atoms with E-state index < -0.39 is 11.5 Å². The number of aryl methyl sites for hydroxylation is 1. The van der Waals surface area contributed by atoms with E-state index in [-0.39, 0.29) is 0 Å². The highest BCUT2D eigenvalue weighted by Gasteiger charge is 2.43. The molecule has 3 heterocycles. The summed E-state index contributed by atoms with van der Waals surface area (Å²) >= 11 is 0. The third-order valence-corrected chi connectivity index (χ3v) is 4.87. The number of rotatable bonds is 7. The average molecular weight is 331 g/mol. The van der Waals surface area contributed by atoms with Crippen molar-refractivity contribution in [2.24, 2.45) is 0 Å². The second kappa shape index (κ2) is 7.17. The van der Waals surface area contributed by atoms with Gasteiger partial charge < -0.3 is 10.1 Å². The van der Waals surface area contributed by atoms with Crippen LogP contribution >= 0.6 is 0 Å². The molecular weight excluding hydrogens is 306 g/mol. The number of H-pyrrole nitrogens is 1. The lowest BCUT2D eigenvalue weighted by Gasteiger charge is -2.38. The second-order valence-corrected chi connectivity index (χ2v) is 6.52. The molecule has 1 fully saturated rings. The Morgan fingerprint density at radius 2 is 2.21 bits per heavy atom. The van der Waals surface area contributed by atoms with Gasteiger partial charge in [0.05, 0.1) is 0 Å². The zero-order valence-electron chi connectivity index (χ0n) is 14.1. The van der Waals surface area contributed by atoms with Crippen LogP contribution in [0, 0.1) is 0 Å². The molecule has 2 N–H and O–H groups in total. The first-order valence-electron chi connectivity index (χ1n) is 8.62. The fraction of sp³-hybridized carbons (Fsp3) is 0.588. The Morgan fingerprint density at radius 3 is 2.83 bits per heavy atom. The van der Waals surface area contributed by atoms with Crippen LogP contribution in [-0.2, 0) is 23.3 Å². The van der Waals surface area contributed by atoms with Crippen LogP contribution in [0.1, 0.15) is 44.1 Å². The summed E-state index contributed by atoms with van der Waals surface area (Å²) < 4.78 is 1.60. The van der Waals surface area contributed by atoms with E-state index in [1.165, 1.54) is 0 Å². The number of carboxylic acids is 1. The van der Waals surface area contributed by atoms with Gasteiger partial charge >= 0.3 is 5.97 Å². The van der Waals surface area contributed by atoms with Crippen LogP contribution in [0.15, 0.2) is 24.7 Å². The fourth-order valence-corrected chi connectivity index (χ4v) is 3.34. The van der Waals surface area contributed by atoms with Gasteiger partial charge in [0, 0.05) is 50.3 Å². The quantitative estimate of drug-likeness (QED) is 0.810. The van der Waals surface area contributed by atoms with E-state index >= 15 is 0 Å². The first kappa shape index (κ1) is 16.7. The molecule has 24 heavy (non-hydrogen) atoms. The number of nitrogens with one attached hydrogen (secondary N) is 1. The Hall–Kier alpha value is -2.15. The summed E-state index contributed by atoms with van der Waals surface area (Å²) in [6.45, 7) is 4.42. The zero-order valence-corrected chi connectivity index (χ0v) is 14.1. The lowest BCUT2D eigenvalue weighted by atomic mass is 9.87.